The van der Waals surface area contributed by atoms with Gasteiger partial charge in [-0.2, -0.15) is 0 Å². The van der Waals surface area contributed by atoms with Gasteiger partial charge in [-0.3, -0.25) is 0 Å². The third kappa shape index (κ3) is 4.32. The van der Waals surface area contributed by atoms with Crippen LogP contribution >= 0.6 is 0 Å². The average molecular weight is 469 g/mol. The van der Waals surface area contributed by atoms with E-state index in [-0.39, 0.29) is 11.0 Å². The zero-order chi connectivity index (χ0) is 24.9. The highest BCUT2D eigenvalue weighted by Gasteiger charge is 2.34. The highest BCUT2D eigenvalue weighted by atomic mass is 16.7. The molecule has 2 heterocycles. The molecule has 0 aliphatic heterocycles. The van der Waals surface area contributed by atoms with Gasteiger partial charge in [0.25, 0.3) is 0 Å². The maximum atomic E-state index is 12.8. The third-order valence-corrected chi connectivity index (χ3v) is 6.45. The number of para-hydroxylation sites is 1. The second-order valence-electron chi connectivity index (χ2n) is 10.2. The van der Waals surface area contributed by atoms with Crippen molar-refractivity contribution in [2.24, 2.45) is 10.6 Å². The van der Waals surface area contributed by atoms with Gasteiger partial charge in [-0.05, 0) is 80.5 Å². The smallest absolute Gasteiger partial charge is 0.373 e. The molecule has 0 amide bonds. The Morgan fingerprint density at radius 1 is 1.00 bits per heavy atom. The van der Waals surface area contributed by atoms with Gasteiger partial charge in [0, 0.05) is 28.0 Å². The molecule has 0 saturated carbocycles. The minimum absolute atomic E-state index is 0.0817. The van der Waals surface area contributed by atoms with Crippen LogP contribution in [-0.4, -0.2) is 16.2 Å². The molecule has 0 radical (unpaired) electrons. The first-order valence-corrected chi connectivity index (χ1v) is 11.7. The van der Waals surface area contributed by atoms with E-state index in [1.807, 2.05) is 6.07 Å². The van der Waals surface area contributed by atoms with E-state index >= 15 is 0 Å². The molecule has 35 heavy (non-hydrogen) atoms. The van der Waals surface area contributed by atoms with Gasteiger partial charge in [0.2, 0.25) is 0 Å². The number of nitrogens with zero attached hydrogens (tertiary/aromatic N) is 2. The van der Waals surface area contributed by atoms with Crippen molar-refractivity contribution in [3.8, 4) is 5.69 Å². The van der Waals surface area contributed by atoms with Gasteiger partial charge >= 0.3 is 11.6 Å². The van der Waals surface area contributed by atoms with Crippen molar-refractivity contribution in [2.45, 2.75) is 47.5 Å². The van der Waals surface area contributed by atoms with E-state index in [1.165, 1.54) is 17.2 Å². The van der Waals surface area contributed by atoms with Gasteiger partial charge in [0.15, 0.2) is 0 Å². The Labute approximate surface area is 203 Å². The van der Waals surface area contributed by atoms with Gasteiger partial charge < -0.3 is 13.8 Å². The second kappa shape index (κ2) is 8.38. The molecule has 6 nitrogen and oxygen atoms in total. The Kier molecular flexibility index (Phi) is 5.47. The lowest BCUT2D eigenvalue weighted by atomic mass is 9.76. The van der Waals surface area contributed by atoms with Gasteiger partial charge in [0.05, 0.1) is 5.71 Å². The van der Waals surface area contributed by atoms with E-state index in [0.29, 0.717) is 23.1 Å². The lowest BCUT2D eigenvalue weighted by Crippen LogP contribution is -2.29. The summed E-state index contributed by atoms with van der Waals surface area (Å²) in [6, 6.07) is 17.1. The van der Waals surface area contributed by atoms with Crippen molar-refractivity contribution < 1.29 is 14.0 Å². The van der Waals surface area contributed by atoms with E-state index in [2.05, 4.69) is 68.6 Å². The normalized spacial score (nSPS) is 15.9. The zero-order valence-electron chi connectivity index (χ0n) is 20.6. The van der Waals surface area contributed by atoms with Crippen molar-refractivity contribution in [1.29, 1.82) is 0 Å². The van der Waals surface area contributed by atoms with Crippen LogP contribution in [0.4, 0.5) is 0 Å². The molecule has 0 N–H and O–H groups in total. The maximum Gasteiger partial charge on any atom is 0.373 e. The highest BCUT2D eigenvalue weighted by Crippen LogP contribution is 2.38. The first-order valence-electron chi connectivity index (χ1n) is 11.7. The minimum atomic E-state index is -0.826. The number of rotatable bonds is 3. The van der Waals surface area contributed by atoms with Crippen LogP contribution in [0.25, 0.3) is 16.7 Å². The van der Waals surface area contributed by atoms with E-state index in [0.717, 1.165) is 29.1 Å². The Morgan fingerprint density at radius 2 is 1.71 bits per heavy atom. The molecule has 1 aliphatic rings. The van der Waals surface area contributed by atoms with E-state index in [1.54, 1.807) is 18.2 Å². The lowest BCUT2D eigenvalue weighted by molar-refractivity contribution is 0.0509. The number of aryl methyl sites for hydroxylation is 3. The molecule has 0 saturated heterocycles. The monoisotopic (exact) mass is 468 g/mol. The number of hydrogen-bond donors (Lipinski definition) is 0. The number of hydrogen-bond acceptors (Lipinski definition) is 5. The van der Waals surface area contributed by atoms with Crippen LogP contribution in [0.5, 0.6) is 0 Å². The molecular formula is C29H28N2O4. The number of benzene rings is 2. The van der Waals surface area contributed by atoms with Crippen molar-refractivity contribution in [3.63, 3.8) is 0 Å². The first-order chi connectivity index (χ1) is 16.6. The molecule has 0 fully saturated rings. The van der Waals surface area contributed by atoms with Crippen molar-refractivity contribution >= 4 is 22.7 Å². The number of carbonyl (C=O) groups is 1. The molecular weight excluding hydrogens is 440 g/mol. The van der Waals surface area contributed by atoms with Crippen LogP contribution in [0, 0.1) is 26.2 Å². The largest absolute Gasteiger partial charge is 0.422 e. The summed E-state index contributed by atoms with van der Waals surface area (Å²) in [5.74, 6) is -0.826. The van der Waals surface area contributed by atoms with Crippen LogP contribution in [-0.2, 0) is 11.3 Å². The van der Waals surface area contributed by atoms with Gasteiger partial charge in [-0.1, -0.05) is 43.3 Å². The van der Waals surface area contributed by atoms with Crippen LogP contribution < -0.4 is 5.63 Å². The standard InChI is InChI=1S/C29H28N2O4/c1-17-10-18(2)12-21(11-17)31-19(3)13-22-24(15-29(4,5)16-25(22)31)30-35-28(33)23-14-20-8-6-7-9-26(20)34-27(23)32/h6-14H,15-16H2,1-5H3/b30-24+. The quantitative estimate of drug-likeness (QED) is 0.209. The first kappa shape index (κ1) is 22.8. The Morgan fingerprint density at radius 3 is 2.46 bits per heavy atom. The van der Waals surface area contributed by atoms with E-state index in [9.17, 15) is 9.59 Å². The van der Waals surface area contributed by atoms with Crippen LogP contribution in [0.3, 0.4) is 0 Å². The summed E-state index contributed by atoms with van der Waals surface area (Å²) in [6.45, 7) is 10.6. The fourth-order valence-electron chi connectivity index (χ4n) is 5.05. The molecule has 0 spiro atoms. The zero-order valence-corrected chi connectivity index (χ0v) is 20.6. The van der Waals surface area contributed by atoms with Gasteiger partial charge in [-0.25, -0.2) is 9.59 Å². The molecule has 5 rings (SSSR count). The fraction of sp³-hybridized carbons (Fsp3) is 0.276. The summed E-state index contributed by atoms with van der Waals surface area (Å²) < 4.78 is 7.54. The van der Waals surface area contributed by atoms with Gasteiger partial charge in [0.1, 0.15) is 11.1 Å². The Bertz CT molecular complexity index is 1550. The summed E-state index contributed by atoms with van der Waals surface area (Å²) in [5, 5.41) is 4.92. The molecule has 0 bridgehead atoms. The average Bonchev–Trinajstić information content (AvgIpc) is 3.10. The number of aromatic nitrogens is 1. The molecule has 2 aromatic heterocycles. The number of fused-ring (bicyclic) bond motifs is 2. The summed E-state index contributed by atoms with van der Waals surface area (Å²) in [5.41, 5.74) is 6.84. The number of oxime groups is 1. The third-order valence-electron chi connectivity index (χ3n) is 6.45. The maximum absolute atomic E-state index is 12.8. The van der Waals surface area contributed by atoms with Crippen LogP contribution in [0.15, 0.2) is 69.0 Å². The van der Waals surface area contributed by atoms with Crippen molar-refractivity contribution in [2.75, 3.05) is 0 Å². The SMILES string of the molecule is Cc1cc(C)cc(-n2c(C)cc3c2CC(C)(C)C/C3=N\OC(=O)c2cc3ccccc3oc2=O)c1. The van der Waals surface area contributed by atoms with Crippen LogP contribution in [0.2, 0.25) is 0 Å². The van der Waals surface area contributed by atoms with Crippen molar-refractivity contribution in [1.82, 2.24) is 4.57 Å². The topological polar surface area (TPSA) is 73.8 Å². The summed E-state index contributed by atoms with van der Waals surface area (Å²) in [4.78, 5) is 30.5. The molecule has 0 unspecified atom stereocenters. The van der Waals surface area contributed by atoms with Crippen molar-refractivity contribution in [3.05, 3.63) is 98.7 Å². The molecule has 4 aromatic rings. The molecule has 0 atom stereocenters. The molecule has 2 aromatic carbocycles. The van der Waals surface area contributed by atoms with E-state index < -0.39 is 11.6 Å². The second-order valence-corrected chi connectivity index (χ2v) is 10.2. The molecule has 6 heteroatoms. The minimum Gasteiger partial charge on any atom is -0.422 e. The summed E-state index contributed by atoms with van der Waals surface area (Å²) >= 11 is 0. The lowest BCUT2D eigenvalue weighted by Gasteiger charge is -2.31. The molecule has 1 aliphatic carbocycles. The fourth-order valence-corrected chi connectivity index (χ4v) is 5.05. The summed E-state index contributed by atoms with van der Waals surface area (Å²) in [6.07, 6.45) is 1.51. The Balaban J connectivity index is 1.53. The Hall–Kier alpha value is -3.93. The van der Waals surface area contributed by atoms with E-state index in [4.69, 9.17) is 9.25 Å². The highest BCUT2D eigenvalue weighted by molar-refractivity contribution is 6.04. The number of carbonyl (C=O) groups excluding carboxylic acids is 1. The molecule has 178 valence electrons. The predicted molar refractivity (Wildman–Crippen MR) is 137 cm³/mol. The predicted octanol–water partition coefficient (Wildman–Crippen LogP) is 6.04. The van der Waals surface area contributed by atoms with Gasteiger partial charge in [-0.15, -0.1) is 0 Å². The van der Waals surface area contributed by atoms with Crippen LogP contribution in [0.1, 0.15) is 58.7 Å². The summed E-state index contributed by atoms with van der Waals surface area (Å²) in [7, 11) is 0.